The summed E-state index contributed by atoms with van der Waals surface area (Å²) >= 11 is 3.31. The fraction of sp³-hybridized carbons (Fsp3) is 0.200. The maximum absolute atomic E-state index is 13.2. The summed E-state index contributed by atoms with van der Waals surface area (Å²) in [5.41, 5.74) is 4.21. The molecule has 2 aromatic heterocycles. The first kappa shape index (κ1) is 13.7. The van der Waals surface area contributed by atoms with Gasteiger partial charge in [0.25, 0.3) is 0 Å². The molecule has 0 fully saturated rings. The first-order chi connectivity index (χ1) is 9.76. The Morgan fingerprint density at radius 1 is 1.25 bits per heavy atom. The molecule has 1 unspecified atom stereocenters. The Kier molecular flexibility index (Phi) is 4.12. The summed E-state index contributed by atoms with van der Waals surface area (Å²) in [4.78, 5) is 1.16. The van der Waals surface area contributed by atoms with E-state index in [1.165, 1.54) is 11.6 Å². The fourth-order valence-corrected chi connectivity index (χ4v) is 4.14. The molecule has 0 aliphatic rings. The molecule has 0 saturated heterocycles. The Labute approximate surface area is 125 Å². The highest BCUT2D eigenvalue weighted by atomic mass is 32.1. The molecule has 2 nitrogen and oxygen atoms in total. The number of hydrogen-bond donors (Lipinski definition) is 2. The van der Waals surface area contributed by atoms with Crippen molar-refractivity contribution in [2.75, 3.05) is 0 Å². The second kappa shape index (κ2) is 6.01. The largest absolute Gasteiger partial charge is 0.271 e. The van der Waals surface area contributed by atoms with Crippen LogP contribution in [0.5, 0.6) is 0 Å². The number of thiophene rings is 2. The van der Waals surface area contributed by atoms with E-state index < -0.39 is 0 Å². The van der Waals surface area contributed by atoms with Gasteiger partial charge in [-0.15, -0.1) is 11.3 Å². The molecule has 1 atom stereocenters. The minimum absolute atomic E-state index is 0.107. The first-order valence-electron chi connectivity index (χ1n) is 6.42. The van der Waals surface area contributed by atoms with Crippen LogP contribution in [-0.4, -0.2) is 0 Å². The van der Waals surface area contributed by atoms with Gasteiger partial charge in [0, 0.05) is 9.58 Å². The predicted octanol–water partition coefficient (Wildman–Crippen LogP) is 4.24. The molecule has 104 valence electrons. The lowest BCUT2D eigenvalue weighted by molar-refractivity contribution is 0.524. The molecule has 5 heteroatoms. The minimum Gasteiger partial charge on any atom is -0.271 e. The maximum atomic E-state index is 13.2. The smallest absolute Gasteiger partial charge is 0.124 e. The summed E-state index contributed by atoms with van der Waals surface area (Å²) in [5, 5.41) is 5.32. The summed E-state index contributed by atoms with van der Waals surface area (Å²) in [5.74, 6) is 5.49. The Morgan fingerprint density at radius 2 is 2.15 bits per heavy atom. The molecule has 20 heavy (non-hydrogen) atoms. The van der Waals surface area contributed by atoms with E-state index in [-0.39, 0.29) is 11.9 Å². The number of rotatable bonds is 5. The van der Waals surface area contributed by atoms with Crippen LogP contribution in [0.2, 0.25) is 0 Å². The molecular formula is C15H15FN2S2. The van der Waals surface area contributed by atoms with Crippen LogP contribution in [-0.2, 0) is 6.42 Å². The summed E-state index contributed by atoms with van der Waals surface area (Å²) in [6, 6.07) is 9.23. The number of nitrogens with two attached hydrogens (primary N) is 1. The van der Waals surface area contributed by atoms with E-state index >= 15 is 0 Å². The summed E-state index contributed by atoms with van der Waals surface area (Å²) in [6.45, 7) is 0. The lowest BCUT2D eigenvalue weighted by Gasteiger charge is -2.13. The molecule has 0 radical (unpaired) electrons. The van der Waals surface area contributed by atoms with Crippen molar-refractivity contribution in [1.29, 1.82) is 0 Å². The lowest BCUT2D eigenvalue weighted by atomic mass is 10.1. The van der Waals surface area contributed by atoms with E-state index in [1.807, 2.05) is 6.07 Å². The maximum Gasteiger partial charge on any atom is 0.124 e. The fourth-order valence-electron chi connectivity index (χ4n) is 2.25. The highest BCUT2D eigenvalue weighted by molar-refractivity contribution is 7.19. The normalized spacial score (nSPS) is 12.9. The Morgan fingerprint density at radius 3 is 2.90 bits per heavy atom. The molecule has 0 amide bonds. The van der Waals surface area contributed by atoms with Gasteiger partial charge in [-0.25, -0.2) is 4.39 Å². The molecule has 3 rings (SSSR count). The number of hydrogen-bond acceptors (Lipinski definition) is 4. The van der Waals surface area contributed by atoms with Crippen molar-refractivity contribution < 1.29 is 4.39 Å². The van der Waals surface area contributed by atoms with Gasteiger partial charge in [0.2, 0.25) is 0 Å². The number of benzene rings is 1. The lowest BCUT2D eigenvalue weighted by Crippen LogP contribution is -2.27. The van der Waals surface area contributed by atoms with Crippen LogP contribution in [0.15, 0.2) is 41.1 Å². The zero-order chi connectivity index (χ0) is 13.9. The predicted molar refractivity (Wildman–Crippen MR) is 84.5 cm³/mol. The van der Waals surface area contributed by atoms with E-state index in [0.29, 0.717) is 0 Å². The third-order valence-corrected chi connectivity index (χ3v) is 5.29. The molecule has 0 aliphatic carbocycles. The standard InChI is InChI=1S/C15H15FN2S2/c16-12-3-2-11-7-15(20-14(11)8-12)13(18-17)4-1-10-5-6-19-9-10/h2-3,5-9,13,18H,1,4,17H2. The van der Waals surface area contributed by atoms with Gasteiger partial charge in [-0.2, -0.15) is 11.3 Å². The van der Waals surface area contributed by atoms with Crippen molar-refractivity contribution in [3.8, 4) is 0 Å². The number of aryl methyl sites for hydroxylation is 1. The van der Waals surface area contributed by atoms with Gasteiger partial charge < -0.3 is 0 Å². The molecule has 0 saturated carbocycles. The van der Waals surface area contributed by atoms with Crippen molar-refractivity contribution in [2.24, 2.45) is 5.84 Å². The molecule has 0 bridgehead atoms. The number of halogens is 1. The van der Waals surface area contributed by atoms with Gasteiger partial charge >= 0.3 is 0 Å². The number of nitrogens with one attached hydrogen (secondary N) is 1. The quantitative estimate of drug-likeness (QED) is 0.546. The zero-order valence-electron chi connectivity index (χ0n) is 10.8. The Hall–Kier alpha value is -1.27. The van der Waals surface area contributed by atoms with Crippen molar-refractivity contribution >= 4 is 32.8 Å². The minimum atomic E-state index is -0.193. The first-order valence-corrected chi connectivity index (χ1v) is 8.18. The second-order valence-electron chi connectivity index (χ2n) is 4.72. The molecular weight excluding hydrogens is 291 g/mol. The third-order valence-electron chi connectivity index (χ3n) is 3.35. The highest BCUT2D eigenvalue weighted by Gasteiger charge is 2.13. The monoisotopic (exact) mass is 306 g/mol. The van der Waals surface area contributed by atoms with E-state index in [4.69, 9.17) is 5.84 Å². The number of fused-ring (bicyclic) bond motifs is 1. The van der Waals surface area contributed by atoms with Crippen LogP contribution in [0.3, 0.4) is 0 Å². The van der Waals surface area contributed by atoms with Crippen LogP contribution < -0.4 is 11.3 Å². The third kappa shape index (κ3) is 2.91. The van der Waals surface area contributed by atoms with Crippen LogP contribution in [0.1, 0.15) is 22.9 Å². The van der Waals surface area contributed by atoms with Crippen LogP contribution in [0.25, 0.3) is 10.1 Å². The topological polar surface area (TPSA) is 38.0 Å². The van der Waals surface area contributed by atoms with Crippen LogP contribution in [0.4, 0.5) is 4.39 Å². The number of hydrazine groups is 1. The van der Waals surface area contributed by atoms with Crippen molar-refractivity contribution in [2.45, 2.75) is 18.9 Å². The highest BCUT2D eigenvalue weighted by Crippen LogP contribution is 2.32. The molecule has 3 N–H and O–H groups in total. The average Bonchev–Trinajstić information content (AvgIpc) is 3.08. The van der Waals surface area contributed by atoms with Crippen molar-refractivity contribution in [3.63, 3.8) is 0 Å². The van der Waals surface area contributed by atoms with Gasteiger partial charge in [-0.3, -0.25) is 11.3 Å². The molecule has 3 aromatic rings. The van der Waals surface area contributed by atoms with E-state index in [2.05, 4.69) is 28.3 Å². The van der Waals surface area contributed by atoms with Crippen LogP contribution >= 0.6 is 22.7 Å². The van der Waals surface area contributed by atoms with Gasteiger partial charge in [0.15, 0.2) is 0 Å². The van der Waals surface area contributed by atoms with Gasteiger partial charge in [-0.05, 0) is 58.8 Å². The van der Waals surface area contributed by atoms with Crippen molar-refractivity contribution in [3.05, 3.63) is 57.3 Å². The second-order valence-corrected chi connectivity index (χ2v) is 6.62. The summed E-state index contributed by atoms with van der Waals surface area (Å²) in [7, 11) is 0. The molecule has 1 aromatic carbocycles. The SMILES string of the molecule is NNC(CCc1ccsc1)c1cc2ccc(F)cc2s1. The average molecular weight is 306 g/mol. The van der Waals surface area contributed by atoms with Crippen LogP contribution in [0, 0.1) is 5.82 Å². The van der Waals surface area contributed by atoms with Gasteiger partial charge in [-0.1, -0.05) is 6.07 Å². The summed E-state index contributed by atoms with van der Waals surface area (Å²) < 4.78 is 14.2. The summed E-state index contributed by atoms with van der Waals surface area (Å²) in [6.07, 6.45) is 1.92. The molecule has 2 heterocycles. The zero-order valence-corrected chi connectivity index (χ0v) is 12.4. The van der Waals surface area contributed by atoms with Gasteiger partial charge in [0.05, 0.1) is 6.04 Å². The molecule has 0 spiro atoms. The van der Waals surface area contributed by atoms with E-state index in [9.17, 15) is 4.39 Å². The van der Waals surface area contributed by atoms with Crippen molar-refractivity contribution in [1.82, 2.24) is 5.43 Å². The Balaban J connectivity index is 1.79. The Bertz CT molecular complexity index is 691. The molecule has 0 aliphatic heterocycles. The van der Waals surface area contributed by atoms with E-state index in [0.717, 1.165) is 27.8 Å². The van der Waals surface area contributed by atoms with Gasteiger partial charge in [0.1, 0.15) is 5.82 Å². The van der Waals surface area contributed by atoms with E-state index in [1.54, 1.807) is 28.7 Å².